The van der Waals surface area contributed by atoms with E-state index in [-0.39, 0.29) is 36.6 Å². The number of nitrogens with one attached hydrogen (secondary N) is 1. The van der Waals surface area contributed by atoms with Crippen LogP contribution in [0.25, 0.3) is 10.4 Å². The number of aliphatic hydroxyl groups excluding tert-OH is 1. The van der Waals surface area contributed by atoms with E-state index in [0.29, 0.717) is 11.6 Å². The normalized spacial score (nSPS) is 24.0. The molecule has 2 aromatic heterocycles. The van der Waals surface area contributed by atoms with Gasteiger partial charge in [0.15, 0.2) is 5.76 Å². The van der Waals surface area contributed by atoms with Crippen LogP contribution < -0.4 is 10.1 Å². The first-order valence-electron chi connectivity index (χ1n) is 12.5. The Hall–Kier alpha value is -3.57. The maximum absolute atomic E-state index is 13.8. The maximum Gasteiger partial charge on any atom is 0.277 e. The summed E-state index contributed by atoms with van der Waals surface area (Å²) in [6, 6.07) is 8.80. The second-order valence-corrected chi connectivity index (χ2v) is 11.1. The van der Waals surface area contributed by atoms with Gasteiger partial charge < -0.3 is 24.6 Å². The quantitative estimate of drug-likeness (QED) is 0.470. The van der Waals surface area contributed by atoms with Crippen LogP contribution in [0.15, 0.2) is 45.4 Å². The van der Waals surface area contributed by atoms with Crippen LogP contribution in [-0.4, -0.2) is 63.6 Å². The Kier molecular flexibility index (Phi) is 6.83. The van der Waals surface area contributed by atoms with Gasteiger partial charge in [0, 0.05) is 19.0 Å². The van der Waals surface area contributed by atoms with E-state index in [9.17, 15) is 14.7 Å². The standard InChI is InChI=1S/C27H31N5O5S/c1-14(2)22(20-11-21(36-5)31-37-20)25(34)32-12-18(33)10-19(32)24-29-26(35)27(4,30-24)17-8-6-16(7-9-17)23-15(3)28-13-38-23/h6-9,11,13-14,18-19,22,33H,10,12H2,1-5H3,(H,29,30,35). The molecule has 4 atom stereocenters. The topological polar surface area (TPSA) is 130 Å². The zero-order valence-corrected chi connectivity index (χ0v) is 22.8. The number of carbonyl (C=O) groups excluding carboxylic acids is 2. The molecule has 0 saturated carbocycles. The Balaban J connectivity index is 1.39. The third-order valence-electron chi connectivity index (χ3n) is 7.33. The SMILES string of the molecule is COc1cc(C(C(=O)N2CC(O)CC2C2=NC(=O)C(C)(c3ccc(-c4scnc4C)cc3)N2)C(C)C)on1. The maximum atomic E-state index is 13.8. The first kappa shape index (κ1) is 26.1. The van der Waals surface area contributed by atoms with E-state index in [4.69, 9.17) is 9.26 Å². The average molecular weight is 538 g/mol. The number of likely N-dealkylation sites (tertiary alicyclic amines) is 1. The molecule has 1 aromatic carbocycles. The van der Waals surface area contributed by atoms with Gasteiger partial charge in [0.2, 0.25) is 5.91 Å². The van der Waals surface area contributed by atoms with Crippen LogP contribution in [0.2, 0.25) is 0 Å². The van der Waals surface area contributed by atoms with Crippen molar-refractivity contribution in [3.63, 3.8) is 0 Å². The van der Waals surface area contributed by atoms with E-state index in [2.05, 4.69) is 20.4 Å². The smallest absolute Gasteiger partial charge is 0.277 e. The fraction of sp³-hybridized carbons (Fsp3) is 0.444. The Morgan fingerprint density at radius 3 is 2.66 bits per heavy atom. The first-order valence-corrected chi connectivity index (χ1v) is 13.4. The lowest BCUT2D eigenvalue weighted by atomic mass is 9.90. The lowest BCUT2D eigenvalue weighted by molar-refractivity contribution is -0.134. The lowest BCUT2D eigenvalue weighted by Crippen LogP contribution is -2.51. The monoisotopic (exact) mass is 537 g/mol. The molecule has 38 heavy (non-hydrogen) atoms. The minimum absolute atomic E-state index is 0.107. The zero-order valence-electron chi connectivity index (χ0n) is 22.0. The number of thiazole rings is 1. The molecule has 0 bridgehead atoms. The predicted octanol–water partition coefficient (Wildman–Crippen LogP) is 3.26. The molecular weight excluding hydrogens is 506 g/mol. The highest BCUT2D eigenvalue weighted by molar-refractivity contribution is 7.13. The minimum Gasteiger partial charge on any atom is -0.479 e. The zero-order chi connectivity index (χ0) is 27.2. The summed E-state index contributed by atoms with van der Waals surface area (Å²) in [5.74, 6) is -0.256. The summed E-state index contributed by atoms with van der Waals surface area (Å²) in [7, 11) is 1.48. The third-order valence-corrected chi connectivity index (χ3v) is 8.31. The first-order chi connectivity index (χ1) is 18.1. The van der Waals surface area contributed by atoms with Gasteiger partial charge in [-0.25, -0.2) is 4.98 Å². The summed E-state index contributed by atoms with van der Waals surface area (Å²) in [5.41, 5.74) is 3.48. The molecule has 1 saturated heterocycles. The number of amidine groups is 1. The number of aromatic nitrogens is 2. The van der Waals surface area contributed by atoms with Crippen LogP contribution in [0.5, 0.6) is 5.88 Å². The van der Waals surface area contributed by atoms with Crippen molar-refractivity contribution in [2.45, 2.75) is 57.7 Å². The van der Waals surface area contributed by atoms with Crippen LogP contribution in [0, 0.1) is 12.8 Å². The van der Waals surface area contributed by atoms with Crippen molar-refractivity contribution in [1.82, 2.24) is 20.4 Å². The summed E-state index contributed by atoms with van der Waals surface area (Å²) >= 11 is 1.57. The van der Waals surface area contributed by atoms with Gasteiger partial charge >= 0.3 is 0 Å². The van der Waals surface area contributed by atoms with Gasteiger partial charge in [-0.05, 0) is 36.0 Å². The number of hydrogen-bond donors (Lipinski definition) is 2. The van der Waals surface area contributed by atoms with Gasteiger partial charge in [-0.2, -0.15) is 4.99 Å². The minimum atomic E-state index is -1.09. The molecule has 2 aliphatic rings. The molecule has 4 heterocycles. The fourth-order valence-electron chi connectivity index (χ4n) is 5.19. The van der Waals surface area contributed by atoms with Gasteiger partial charge in [-0.15, -0.1) is 11.3 Å². The number of carbonyl (C=O) groups is 2. The molecule has 11 heteroatoms. The molecule has 2 N–H and O–H groups in total. The van der Waals surface area contributed by atoms with Crippen molar-refractivity contribution in [2.24, 2.45) is 10.9 Å². The molecule has 1 fully saturated rings. The molecule has 5 rings (SSSR count). The van der Waals surface area contributed by atoms with E-state index in [0.717, 1.165) is 21.7 Å². The van der Waals surface area contributed by atoms with E-state index in [1.807, 2.05) is 50.5 Å². The Bertz CT molecular complexity index is 1380. The Morgan fingerprint density at radius 2 is 2.05 bits per heavy atom. The number of benzene rings is 1. The fourth-order valence-corrected chi connectivity index (χ4v) is 6.00. The largest absolute Gasteiger partial charge is 0.479 e. The van der Waals surface area contributed by atoms with Crippen LogP contribution >= 0.6 is 11.3 Å². The number of methoxy groups -OCH3 is 1. The third kappa shape index (κ3) is 4.49. The van der Waals surface area contributed by atoms with Crippen molar-refractivity contribution >= 4 is 29.0 Å². The molecular formula is C27H31N5O5S. The molecule has 0 radical (unpaired) electrons. The van der Waals surface area contributed by atoms with Crippen molar-refractivity contribution in [3.8, 4) is 16.3 Å². The average Bonchev–Trinajstić information content (AvgIpc) is 3.67. The number of nitrogens with zero attached hydrogens (tertiary/aromatic N) is 4. The molecule has 10 nitrogen and oxygen atoms in total. The van der Waals surface area contributed by atoms with E-state index >= 15 is 0 Å². The highest BCUT2D eigenvalue weighted by atomic mass is 32.1. The summed E-state index contributed by atoms with van der Waals surface area (Å²) in [4.78, 5) is 38.4. The summed E-state index contributed by atoms with van der Waals surface area (Å²) < 4.78 is 10.5. The number of amides is 2. The lowest BCUT2D eigenvalue weighted by Gasteiger charge is -2.31. The van der Waals surface area contributed by atoms with E-state index < -0.39 is 23.6 Å². The molecule has 0 spiro atoms. The second-order valence-electron chi connectivity index (χ2n) is 10.3. The van der Waals surface area contributed by atoms with Gasteiger partial charge in [0.1, 0.15) is 17.3 Å². The number of rotatable bonds is 7. The number of ether oxygens (including phenoxy) is 1. The number of aliphatic imine (C=N–C) groups is 1. The van der Waals surface area contributed by atoms with Crippen molar-refractivity contribution in [2.75, 3.05) is 13.7 Å². The Morgan fingerprint density at radius 1 is 1.32 bits per heavy atom. The van der Waals surface area contributed by atoms with Crippen molar-refractivity contribution in [1.29, 1.82) is 0 Å². The number of aliphatic hydroxyl groups is 1. The number of β-amino-alcohol motifs (C(OH)–C–C–N with tert-alkyl or cyclic N) is 1. The van der Waals surface area contributed by atoms with Crippen LogP contribution in [0.3, 0.4) is 0 Å². The van der Waals surface area contributed by atoms with Gasteiger partial charge in [0.05, 0.1) is 35.3 Å². The van der Waals surface area contributed by atoms with Crippen LogP contribution in [0.4, 0.5) is 0 Å². The molecule has 0 aliphatic carbocycles. The highest BCUT2D eigenvalue weighted by Crippen LogP contribution is 2.35. The molecule has 2 aliphatic heterocycles. The van der Waals surface area contributed by atoms with Gasteiger partial charge in [-0.3, -0.25) is 9.59 Å². The highest BCUT2D eigenvalue weighted by Gasteiger charge is 2.48. The van der Waals surface area contributed by atoms with Gasteiger partial charge in [-0.1, -0.05) is 38.1 Å². The van der Waals surface area contributed by atoms with Crippen molar-refractivity contribution < 1.29 is 24.0 Å². The Labute approximate surface area is 224 Å². The summed E-state index contributed by atoms with van der Waals surface area (Å²) in [6.45, 7) is 7.72. The number of hydrogen-bond acceptors (Lipinski definition) is 9. The molecule has 3 aromatic rings. The molecule has 2 amide bonds. The summed E-state index contributed by atoms with van der Waals surface area (Å²) in [5, 5.41) is 17.7. The van der Waals surface area contributed by atoms with Crippen LogP contribution in [0.1, 0.15) is 50.1 Å². The van der Waals surface area contributed by atoms with Crippen LogP contribution in [-0.2, 0) is 15.1 Å². The second kappa shape index (κ2) is 9.95. The van der Waals surface area contributed by atoms with E-state index in [1.54, 1.807) is 29.2 Å². The molecule has 200 valence electrons. The van der Waals surface area contributed by atoms with Crippen molar-refractivity contribution in [3.05, 3.63) is 52.9 Å². The van der Waals surface area contributed by atoms with E-state index in [1.165, 1.54) is 7.11 Å². The predicted molar refractivity (Wildman–Crippen MR) is 142 cm³/mol. The molecule has 4 unspecified atom stereocenters. The van der Waals surface area contributed by atoms with Gasteiger partial charge in [0.25, 0.3) is 11.8 Å². The number of aryl methyl sites for hydroxylation is 1. The summed E-state index contributed by atoms with van der Waals surface area (Å²) in [6.07, 6.45) is -0.468.